The van der Waals surface area contributed by atoms with Crippen LogP contribution in [-0.4, -0.2) is 36.4 Å². The second-order valence-corrected chi connectivity index (χ2v) is 6.69. The molecule has 6 nitrogen and oxygen atoms in total. The molecule has 27 heavy (non-hydrogen) atoms. The minimum atomic E-state index is -0.343. The molecule has 0 radical (unpaired) electrons. The second-order valence-electron chi connectivity index (χ2n) is 6.69. The molecule has 0 unspecified atom stereocenters. The number of carbonyl (C=O) groups excluding carboxylic acids is 2. The molecule has 2 rings (SSSR count). The van der Waals surface area contributed by atoms with Crippen molar-refractivity contribution >= 4 is 23.2 Å². The van der Waals surface area contributed by atoms with Gasteiger partial charge < -0.3 is 15.5 Å². The largest absolute Gasteiger partial charge is 0.372 e. The predicted octanol–water partition coefficient (Wildman–Crippen LogP) is 3.57. The zero-order valence-electron chi connectivity index (χ0n) is 16.5. The molecule has 1 heterocycles. The van der Waals surface area contributed by atoms with Gasteiger partial charge in [-0.2, -0.15) is 0 Å². The van der Waals surface area contributed by atoms with Crippen molar-refractivity contribution in [2.75, 3.05) is 29.9 Å². The first-order valence-corrected chi connectivity index (χ1v) is 9.36. The molecule has 0 atom stereocenters. The lowest BCUT2D eigenvalue weighted by Gasteiger charge is -2.21. The topological polar surface area (TPSA) is 74.3 Å². The van der Waals surface area contributed by atoms with Crippen LogP contribution in [0.4, 0.5) is 11.4 Å². The lowest BCUT2D eigenvalue weighted by Crippen LogP contribution is -2.28. The van der Waals surface area contributed by atoms with Gasteiger partial charge in [0.2, 0.25) is 0 Å². The Morgan fingerprint density at radius 3 is 2.11 bits per heavy atom. The van der Waals surface area contributed by atoms with Gasteiger partial charge in [-0.15, -0.1) is 0 Å². The number of rotatable bonds is 8. The number of nitrogens with one attached hydrogen (secondary N) is 2. The highest BCUT2D eigenvalue weighted by molar-refractivity contribution is 6.03. The summed E-state index contributed by atoms with van der Waals surface area (Å²) in [5.41, 5.74) is 2.24. The van der Waals surface area contributed by atoms with Crippen LogP contribution in [0.3, 0.4) is 0 Å². The lowest BCUT2D eigenvalue weighted by molar-refractivity contribution is 0.0944. The van der Waals surface area contributed by atoms with E-state index < -0.39 is 0 Å². The molecule has 0 fully saturated rings. The molecule has 0 saturated carbocycles. The number of benzene rings is 1. The first-order valence-electron chi connectivity index (χ1n) is 9.36. The minimum absolute atomic E-state index is 0.208. The van der Waals surface area contributed by atoms with Crippen LogP contribution < -0.4 is 15.5 Å². The average molecular weight is 368 g/mol. The number of pyridine rings is 1. The Bertz CT molecular complexity index is 768. The highest BCUT2D eigenvalue weighted by Gasteiger charge is 2.13. The van der Waals surface area contributed by atoms with Crippen molar-refractivity contribution in [2.45, 2.75) is 27.7 Å². The van der Waals surface area contributed by atoms with E-state index in [1.54, 1.807) is 18.2 Å². The number of amides is 2. The van der Waals surface area contributed by atoms with Crippen LogP contribution in [0.25, 0.3) is 0 Å². The van der Waals surface area contributed by atoms with Crippen LogP contribution in [0.1, 0.15) is 48.7 Å². The molecule has 0 saturated heterocycles. The van der Waals surface area contributed by atoms with E-state index in [0.29, 0.717) is 18.2 Å². The third-order valence-corrected chi connectivity index (χ3v) is 4.14. The maximum absolute atomic E-state index is 12.5. The predicted molar refractivity (Wildman–Crippen MR) is 109 cm³/mol. The van der Waals surface area contributed by atoms with E-state index in [-0.39, 0.29) is 23.2 Å². The number of anilines is 2. The van der Waals surface area contributed by atoms with Crippen LogP contribution in [0.5, 0.6) is 0 Å². The molecule has 0 aliphatic rings. The Labute approximate surface area is 161 Å². The normalized spacial score (nSPS) is 10.6. The summed E-state index contributed by atoms with van der Waals surface area (Å²) < 4.78 is 0. The molecule has 6 heteroatoms. The van der Waals surface area contributed by atoms with E-state index in [0.717, 1.165) is 18.8 Å². The number of aromatic nitrogens is 1. The molecule has 2 aromatic rings. The van der Waals surface area contributed by atoms with E-state index in [4.69, 9.17) is 0 Å². The first-order chi connectivity index (χ1) is 12.9. The van der Waals surface area contributed by atoms with Crippen LogP contribution in [-0.2, 0) is 0 Å². The van der Waals surface area contributed by atoms with E-state index >= 15 is 0 Å². The first kappa shape index (κ1) is 20.4. The lowest BCUT2D eigenvalue weighted by atomic mass is 10.2. The molecule has 0 aliphatic heterocycles. The molecular formula is C21H28N4O2. The van der Waals surface area contributed by atoms with Crippen molar-refractivity contribution in [1.29, 1.82) is 0 Å². The molecule has 0 spiro atoms. The zero-order valence-corrected chi connectivity index (χ0v) is 16.5. The van der Waals surface area contributed by atoms with Gasteiger partial charge in [-0.1, -0.05) is 19.9 Å². The minimum Gasteiger partial charge on any atom is -0.372 e. The van der Waals surface area contributed by atoms with Gasteiger partial charge in [0.15, 0.2) is 0 Å². The Balaban J connectivity index is 2.05. The monoisotopic (exact) mass is 368 g/mol. The molecule has 0 bridgehead atoms. The van der Waals surface area contributed by atoms with Crippen molar-refractivity contribution < 1.29 is 9.59 Å². The molecule has 0 aliphatic carbocycles. The summed E-state index contributed by atoms with van der Waals surface area (Å²) >= 11 is 0. The Morgan fingerprint density at radius 1 is 0.963 bits per heavy atom. The maximum Gasteiger partial charge on any atom is 0.274 e. The second kappa shape index (κ2) is 9.71. The van der Waals surface area contributed by atoms with Crippen LogP contribution in [0.2, 0.25) is 0 Å². The third-order valence-electron chi connectivity index (χ3n) is 4.14. The van der Waals surface area contributed by atoms with Crippen molar-refractivity contribution in [2.24, 2.45) is 5.92 Å². The Morgan fingerprint density at radius 2 is 1.56 bits per heavy atom. The van der Waals surface area contributed by atoms with Crippen LogP contribution >= 0.6 is 0 Å². The van der Waals surface area contributed by atoms with E-state index in [2.05, 4.69) is 34.4 Å². The van der Waals surface area contributed by atoms with Gasteiger partial charge >= 0.3 is 0 Å². The van der Waals surface area contributed by atoms with Gasteiger partial charge in [-0.25, -0.2) is 4.98 Å². The average Bonchev–Trinajstić information content (AvgIpc) is 2.68. The molecular weight excluding hydrogens is 340 g/mol. The summed E-state index contributed by atoms with van der Waals surface area (Å²) in [4.78, 5) is 31.0. The fourth-order valence-corrected chi connectivity index (χ4v) is 2.61. The van der Waals surface area contributed by atoms with Gasteiger partial charge in [0.25, 0.3) is 11.8 Å². The smallest absolute Gasteiger partial charge is 0.274 e. The molecule has 144 valence electrons. The standard InChI is InChI=1S/C21H28N4O2/c1-5-25(6-2)17-12-10-16(11-13-17)23-21(27)19-9-7-8-18(24-19)20(26)22-14-15(3)4/h7-13,15H,5-6,14H2,1-4H3,(H,22,26)(H,23,27). The van der Waals surface area contributed by atoms with E-state index in [1.807, 2.05) is 38.1 Å². The fraction of sp³-hybridized carbons (Fsp3) is 0.381. The quantitative estimate of drug-likeness (QED) is 0.747. The van der Waals surface area contributed by atoms with Crippen LogP contribution in [0, 0.1) is 5.92 Å². The van der Waals surface area contributed by atoms with E-state index in [1.165, 1.54) is 0 Å². The van der Waals surface area contributed by atoms with Gasteiger partial charge in [0, 0.05) is 31.0 Å². The molecule has 2 amide bonds. The molecule has 2 N–H and O–H groups in total. The summed E-state index contributed by atoms with van der Waals surface area (Å²) in [6.07, 6.45) is 0. The van der Waals surface area contributed by atoms with Gasteiger partial charge in [0.1, 0.15) is 11.4 Å². The number of hydrogen-bond acceptors (Lipinski definition) is 4. The summed E-state index contributed by atoms with van der Waals surface area (Å²) in [6.45, 7) is 10.7. The summed E-state index contributed by atoms with van der Waals surface area (Å²) in [6, 6.07) is 12.5. The summed E-state index contributed by atoms with van der Waals surface area (Å²) in [5, 5.41) is 5.63. The highest BCUT2D eigenvalue weighted by atomic mass is 16.2. The highest BCUT2D eigenvalue weighted by Crippen LogP contribution is 2.18. The van der Waals surface area contributed by atoms with Crippen LogP contribution in [0.15, 0.2) is 42.5 Å². The van der Waals surface area contributed by atoms with Gasteiger partial charge in [-0.3, -0.25) is 9.59 Å². The van der Waals surface area contributed by atoms with Crippen molar-refractivity contribution in [1.82, 2.24) is 10.3 Å². The van der Waals surface area contributed by atoms with Crippen molar-refractivity contribution in [3.05, 3.63) is 53.9 Å². The number of carbonyl (C=O) groups is 2. The zero-order chi connectivity index (χ0) is 19.8. The molecule has 1 aromatic carbocycles. The van der Waals surface area contributed by atoms with E-state index in [9.17, 15) is 9.59 Å². The number of hydrogen-bond donors (Lipinski definition) is 2. The van der Waals surface area contributed by atoms with Crippen molar-refractivity contribution in [3.63, 3.8) is 0 Å². The Hall–Kier alpha value is -2.89. The van der Waals surface area contributed by atoms with Gasteiger partial charge in [-0.05, 0) is 56.2 Å². The SMILES string of the molecule is CCN(CC)c1ccc(NC(=O)c2cccc(C(=O)NCC(C)C)n2)cc1. The third kappa shape index (κ3) is 5.81. The maximum atomic E-state index is 12.5. The summed E-state index contributed by atoms with van der Waals surface area (Å²) in [5.74, 6) is -0.272. The van der Waals surface area contributed by atoms with Crippen molar-refractivity contribution in [3.8, 4) is 0 Å². The molecule has 1 aromatic heterocycles. The fourth-order valence-electron chi connectivity index (χ4n) is 2.61. The number of nitrogens with zero attached hydrogens (tertiary/aromatic N) is 2. The summed E-state index contributed by atoms with van der Waals surface area (Å²) in [7, 11) is 0. The van der Waals surface area contributed by atoms with Gasteiger partial charge in [0.05, 0.1) is 0 Å². The Kier molecular flexibility index (Phi) is 7.34.